The monoisotopic (exact) mass is 654 g/mol. The van der Waals surface area contributed by atoms with E-state index in [9.17, 15) is 33.3 Å². The van der Waals surface area contributed by atoms with Gasteiger partial charge in [-0.05, 0) is 12.8 Å². The van der Waals surface area contributed by atoms with Gasteiger partial charge < -0.3 is 54.4 Å². The number of rotatable bonds is 23. The molecule has 0 bridgehead atoms. The number of nitrogens with zero attached hydrogens (tertiary/aromatic N) is 4. The Morgan fingerprint density at radius 2 is 1.40 bits per heavy atom. The molecular weight excluding hydrogens is 613 g/mol. The minimum absolute atomic E-state index is 0.116. The largest absolute Gasteiger partial charge is 0.471 e. The Bertz CT molecular complexity index is 1130. The zero-order valence-electron chi connectivity index (χ0n) is 24.7. The number of aliphatic hydroxyl groups excluding tert-OH is 3. The van der Waals surface area contributed by atoms with Crippen molar-refractivity contribution in [1.29, 1.82) is 0 Å². The number of halogens is 3. The van der Waals surface area contributed by atoms with E-state index in [1.807, 2.05) is 0 Å². The summed E-state index contributed by atoms with van der Waals surface area (Å²) in [6, 6.07) is 0. The first-order chi connectivity index (χ1) is 21.7. The maximum atomic E-state index is 12.0. The van der Waals surface area contributed by atoms with Crippen LogP contribution in [0, 0.1) is 0 Å². The third-order valence-corrected chi connectivity index (χ3v) is 6.40. The molecule has 0 saturated carbocycles. The van der Waals surface area contributed by atoms with E-state index in [1.54, 1.807) is 5.32 Å². The molecule has 1 unspecified atom stereocenters. The zero-order valence-corrected chi connectivity index (χ0v) is 24.7. The van der Waals surface area contributed by atoms with Gasteiger partial charge in [0.1, 0.15) is 24.6 Å². The standard InChI is InChI=1S/C26H41F3N6O10/c27-26(28,29)25(39)31-4-2-6-41-8-10-43-12-14-44-13-11-42-9-7-40-5-1-3-30-22-19-23(33-16-32-22)35(17-34-19)24-21(38)20(37)18(15-36)45-24/h16-18,20-21,24,36-38H,1-15H2,(H,31,39)(H,30,32,33)/t18-,20+,21?,24-/m1/s1. The van der Waals surface area contributed by atoms with E-state index in [1.165, 1.54) is 17.2 Å². The second kappa shape index (κ2) is 19.7. The van der Waals surface area contributed by atoms with Gasteiger partial charge in [-0.2, -0.15) is 13.2 Å². The van der Waals surface area contributed by atoms with Gasteiger partial charge in [0.15, 0.2) is 23.2 Å². The number of aliphatic hydroxyl groups is 3. The van der Waals surface area contributed by atoms with Crippen molar-refractivity contribution in [3.8, 4) is 0 Å². The Kier molecular flexibility index (Phi) is 16.1. The number of hydrogen-bond acceptors (Lipinski definition) is 14. The topological polar surface area (TPSA) is 201 Å². The van der Waals surface area contributed by atoms with E-state index in [-0.39, 0.29) is 26.2 Å². The highest BCUT2D eigenvalue weighted by Gasteiger charge is 2.44. The number of nitrogens with one attached hydrogen (secondary N) is 2. The van der Waals surface area contributed by atoms with Crippen LogP contribution in [0.5, 0.6) is 0 Å². The van der Waals surface area contributed by atoms with Crippen molar-refractivity contribution in [2.45, 2.75) is 43.6 Å². The molecule has 256 valence electrons. The first-order valence-corrected chi connectivity index (χ1v) is 14.5. The van der Waals surface area contributed by atoms with Gasteiger partial charge in [-0.3, -0.25) is 9.36 Å². The second-order valence-electron chi connectivity index (χ2n) is 9.72. The van der Waals surface area contributed by atoms with Gasteiger partial charge in [-0.15, -0.1) is 0 Å². The quantitative estimate of drug-likeness (QED) is 0.0951. The SMILES string of the molecule is O=C(NCCCOCCOCCOCCOCCOCCCNc1ncnc2c1ncn2[C@@H]1O[C@H](CO)[C@H](O)C1O)C(F)(F)F. The molecule has 45 heavy (non-hydrogen) atoms. The van der Waals surface area contributed by atoms with Crippen LogP contribution in [0.25, 0.3) is 11.2 Å². The lowest BCUT2D eigenvalue weighted by molar-refractivity contribution is -0.173. The number of aromatic nitrogens is 4. The van der Waals surface area contributed by atoms with Crippen LogP contribution >= 0.6 is 0 Å². The highest BCUT2D eigenvalue weighted by molar-refractivity contribution is 5.82. The highest BCUT2D eigenvalue weighted by atomic mass is 19.4. The maximum absolute atomic E-state index is 12.0. The van der Waals surface area contributed by atoms with Gasteiger partial charge >= 0.3 is 12.1 Å². The van der Waals surface area contributed by atoms with Crippen molar-refractivity contribution in [2.75, 3.05) is 91.1 Å². The van der Waals surface area contributed by atoms with Crippen molar-refractivity contribution in [3.63, 3.8) is 0 Å². The summed E-state index contributed by atoms with van der Waals surface area (Å²) in [6.07, 6.45) is -5.45. The molecular formula is C26H41F3N6O10. The Morgan fingerprint density at radius 1 is 0.844 bits per heavy atom. The van der Waals surface area contributed by atoms with Crippen LogP contribution in [-0.2, 0) is 33.2 Å². The van der Waals surface area contributed by atoms with Crippen LogP contribution in [0.3, 0.4) is 0 Å². The zero-order chi connectivity index (χ0) is 32.5. The summed E-state index contributed by atoms with van der Waals surface area (Å²) in [6.45, 7) is 3.67. The lowest BCUT2D eigenvalue weighted by atomic mass is 10.1. The first-order valence-electron chi connectivity index (χ1n) is 14.5. The molecule has 2 aromatic heterocycles. The molecule has 0 spiro atoms. The van der Waals surface area contributed by atoms with Crippen LogP contribution in [0.4, 0.5) is 19.0 Å². The van der Waals surface area contributed by atoms with Gasteiger partial charge in [-0.1, -0.05) is 0 Å². The number of carbonyl (C=O) groups is 1. The molecule has 1 fully saturated rings. The lowest BCUT2D eigenvalue weighted by Crippen LogP contribution is -2.37. The fraction of sp³-hybridized carbons (Fsp3) is 0.769. The average molecular weight is 655 g/mol. The molecule has 1 saturated heterocycles. The molecule has 1 amide bonds. The predicted molar refractivity (Wildman–Crippen MR) is 149 cm³/mol. The fourth-order valence-electron chi connectivity index (χ4n) is 4.12. The Morgan fingerprint density at radius 3 is 1.93 bits per heavy atom. The number of imidazole rings is 1. The van der Waals surface area contributed by atoms with E-state index in [2.05, 4.69) is 20.3 Å². The van der Waals surface area contributed by atoms with Crippen LogP contribution in [-0.4, -0.2) is 151 Å². The molecule has 0 aromatic carbocycles. The van der Waals surface area contributed by atoms with E-state index in [0.717, 1.165) is 0 Å². The van der Waals surface area contributed by atoms with Crippen molar-refractivity contribution < 1.29 is 61.7 Å². The normalized spacial score (nSPS) is 20.2. The van der Waals surface area contributed by atoms with Crippen molar-refractivity contribution >= 4 is 22.9 Å². The van der Waals surface area contributed by atoms with E-state index in [4.69, 9.17) is 28.4 Å². The molecule has 4 atom stereocenters. The van der Waals surface area contributed by atoms with Crippen LogP contribution in [0.2, 0.25) is 0 Å². The van der Waals surface area contributed by atoms with E-state index in [0.29, 0.717) is 82.8 Å². The molecule has 16 nitrogen and oxygen atoms in total. The summed E-state index contributed by atoms with van der Waals surface area (Å²) in [5, 5.41) is 34.6. The third kappa shape index (κ3) is 12.2. The number of alkyl halides is 3. The van der Waals surface area contributed by atoms with Gasteiger partial charge in [-0.25, -0.2) is 15.0 Å². The van der Waals surface area contributed by atoms with Gasteiger partial charge in [0.2, 0.25) is 0 Å². The van der Waals surface area contributed by atoms with Crippen LogP contribution < -0.4 is 10.6 Å². The van der Waals surface area contributed by atoms with Gasteiger partial charge in [0.25, 0.3) is 0 Å². The Hall–Kier alpha value is -2.75. The van der Waals surface area contributed by atoms with Crippen molar-refractivity contribution in [1.82, 2.24) is 24.8 Å². The Labute approximate surface area is 257 Å². The molecule has 19 heteroatoms. The summed E-state index contributed by atoms with van der Waals surface area (Å²) in [4.78, 5) is 23.4. The summed E-state index contributed by atoms with van der Waals surface area (Å²) in [5.74, 6) is -1.46. The number of carbonyl (C=O) groups excluding carboxylic acids is 1. The molecule has 3 heterocycles. The predicted octanol–water partition coefficient (Wildman–Crippen LogP) is -0.609. The minimum atomic E-state index is -4.87. The van der Waals surface area contributed by atoms with Gasteiger partial charge in [0, 0.05) is 26.3 Å². The van der Waals surface area contributed by atoms with Crippen molar-refractivity contribution in [3.05, 3.63) is 12.7 Å². The molecule has 5 N–H and O–H groups in total. The van der Waals surface area contributed by atoms with Crippen LogP contribution in [0.1, 0.15) is 19.1 Å². The number of hydrogen-bond donors (Lipinski definition) is 5. The molecule has 3 rings (SSSR count). The van der Waals surface area contributed by atoms with Gasteiger partial charge in [0.05, 0.1) is 65.8 Å². The number of ether oxygens (including phenoxy) is 6. The minimum Gasteiger partial charge on any atom is -0.394 e. The third-order valence-electron chi connectivity index (χ3n) is 6.40. The number of fused-ring (bicyclic) bond motifs is 1. The average Bonchev–Trinajstić information content (AvgIpc) is 3.57. The number of anilines is 1. The molecule has 1 aliphatic heterocycles. The fourth-order valence-corrected chi connectivity index (χ4v) is 4.12. The number of amides is 1. The molecule has 0 radical (unpaired) electrons. The maximum Gasteiger partial charge on any atom is 0.471 e. The molecule has 2 aromatic rings. The summed E-state index contributed by atoms with van der Waals surface area (Å²) >= 11 is 0. The summed E-state index contributed by atoms with van der Waals surface area (Å²) < 4.78 is 70.1. The van der Waals surface area contributed by atoms with E-state index >= 15 is 0 Å². The Balaban J connectivity index is 1.11. The smallest absolute Gasteiger partial charge is 0.394 e. The second-order valence-corrected chi connectivity index (χ2v) is 9.72. The summed E-state index contributed by atoms with van der Waals surface area (Å²) in [5.41, 5.74) is 0.882. The summed E-state index contributed by atoms with van der Waals surface area (Å²) in [7, 11) is 0. The molecule has 1 aliphatic rings. The van der Waals surface area contributed by atoms with E-state index < -0.39 is 43.2 Å². The highest BCUT2D eigenvalue weighted by Crippen LogP contribution is 2.32. The lowest BCUT2D eigenvalue weighted by Gasteiger charge is -2.16. The van der Waals surface area contributed by atoms with Crippen LogP contribution in [0.15, 0.2) is 12.7 Å². The van der Waals surface area contributed by atoms with Crippen molar-refractivity contribution in [2.24, 2.45) is 0 Å². The molecule has 0 aliphatic carbocycles. The first kappa shape index (κ1) is 36.7.